The van der Waals surface area contributed by atoms with Crippen molar-refractivity contribution in [3.63, 3.8) is 0 Å². The lowest BCUT2D eigenvalue weighted by molar-refractivity contribution is 0.295. The van der Waals surface area contributed by atoms with Crippen molar-refractivity contribution >= 4 is 33.2 Å². The van der Waals surface area contributed by atoms with Crippen LogP contribution in [0.4, 0.5) is 0 Å². The van der Waals surface area contributed by atoms with Gasteiger partial charge in [-0.05, 0) is 55.1 Å². The first-order valence-electron chi connectivity index (χ1n) is 7.51. The van der Waals surface area contributed by atoms with E-state index in [1.165, 1.54) is 7.05 Å². The Bertz CT molecular complexity index is 867. The van der Waals surface area contributed by atoms with E-state index in [9.17, 15) is 8.42 Å². The second kappa shape index (κ2) is 6.65. The molecule has 24 heavy (non-hydrogen) atoms. The average Bonchev–Trinajstić information content (AvgIpc) is 2.55. The monoisotopic (exact) mass is 384 g/mol. The van der Waals surface area contributed by atoms with Gasteiger partial charge in [0.05, 0.1) is 4.90 Å². The van der Waals surface area contributed by atoms with Gasteiger partial charge in [-0.2, -0.15) is 0 Å². The van der Waals surface area contributed by atoms with E-state index in [1.54, 1.807) is 18.2 Å². The molecule has 0 saturated heterocycles. The van der Waals surface area contributed by atoms with Gasteiger partial charge in [-0.25, -0.2) is 13.1 Å². The van der Waals surface area contributed by atoms with Crippen LogP contribution in [0.2, 0.25) is 10.0 Å². The third-order valence-electron chi connectivity index (χ3n) is 4.35. The van der Waals surface area contributed by atoms with Crippen molar-refractivity contribution in [2.75, 3.05) is 20.6 Å². The molecule has 1 aliphatic heterocycles. The van der Waals surface area contributed by atoms with Crippen molar-refractivity contribution in [1.29, 1.82) is 0 Å². The first-order chi connectivity index (χ1) is 11.3. The topological polar surface area (TPSA) is 49.4 Å². The molecule has 0 aromatic heterocycles. The van der Waals surface area contributed by atoms with Crippen LogP contribution in [0, 0.1) is 0 Å². The third kappa shape index (κ3) is 3.32. The van der Waals surface area contributed by atoms with Gasteiger partial charge in [0.15, 0.2) is 0 Å². The van der Waals surface area contributed by atoms with Crippen molar-refractivity contribution < 1.29 is 8.42 Å². The number of nitrogens with zero attached hydrogens (tertiary/aromatic N) is 1. The predicted molar refractivity (Wildman–Crippen MR) is 97.3 cm³/mol. The molecule has 0 aliphatic carbocycles. The van der Waals surface area contributed by atoms with Crippen LogP contribution in [0.1, 0.15) is 22.6 Å². The lowest BCUT2D eigenvalue weighted by atomic mass is 9.85. The van der Waals surface area contributed by atoms with Crippen molar-refractivity contribution in [3.05, 3.63) is 63.1 Å². The largest absolute Gasteiger partial charge is 0.301 e. The third-order valence-corrected chi connectivity index (χ3v) is 6.34. The number of hydrogen-bond donors (Lipinski definition) is 1. The van der Waals surface area contributed by atoms with Gasteiger partial charge in [0.2, 0.25) is 10.0 Å². The summed E-state index contributed by atoms with van der Waals surface area (Å²) in [7, 11) is 0.0117. The molecule has 0 unspecified atom stereocenters. The minimum Gasteiger partial charge on any atom is -0.301 e. The zero-order valence-corrected chi connectivity index (χ0v) is 15.7. The zero-order chi connectivity index (χ0) is 17.5. The van der Waals surface area contributed by atoms with E-state index in [0.29, 0.717) is 10.0 Å². The fourth-order valence-corrected chi connectivity index (χ4v) is 4.43. The molecule has 4 nitrogen and oxygen atoms in total. The molecule has 0 spiro atoms. The Kier molecular flexibility index (Phi) is 4.91. The second-order valence-corrected chi connectivity index (χ2v) is 8.71. The summed E-state index contributed by atoms with van der Waals surface area (Å²) in [6.07, 6.45) is 0. The molecule has 0 bridgehead atoms. The molecule has 0 radical (unpaired) electrons. The van der Waals surface area contributed by atoms with Crippen LogP contribution in [-0.4, -0.2) is 34.0 Å². The van der Waals surface area contributed by atoms with Crippen LogP contribution in [0.5, 0.6) is 0 Å². The minimum atomic E-state index is -3.43. The zero-order valence-electron chi connectivity index (χ0n) is 13.4. The summed E-state index contributed by atoms with van der Waals surface area (Å²) in [5.41, 5.74) is 3.22. The van der Waals surface area contributed by atoms with E-state index in [4.69, 9.17) is 23.2 Å². The Morgan fingerprint density at radius 3 is 2.46 bits per heavy atom. The predicted octanol–water partition coefficient (Wildman–Crippen LogP) is 3.48. The summed E-state index contributed by atoms with van der Waals surface area (Å²) in [5, 5.41) is 1.28. The van der Waals surface area contributed by atoms with Gasteiger partial charge in [-0.15, -0.1) is 0 Å². The highest BCUT2D eigenvalue weighted by molar-refractivity contribution is 7.89. The molecule has 2 aromatic carbocycles. The van der Waals surface area contributed by atoms with Gasteiger partial charge in [0.1, 0.15) is 0 Å². The molecule has 1 N–H and O–H groups in total. The van der Waals surface area contributed by atoms with E-state index in [2.05, 4.69) is 9.62 Å². The Morgan fingerprint density at radius 1 is 1.17 bits per heavy atom. The number of hydrogen-bond acceptors (Lipinski definition) is 3. The number of fused-ring (bicyclic) bond motifs is 1. The molecular weight excluding hydrogens is 367 g/mol. The molecule has 2 aromatic rings. The summed E-state index contributed by atoms with van der Waals surface area (Å²) >= 11 is 12.6. The fourth-order valence-electron chi connectivity index (χ4n) is 3.13. The first-order valence-corrected chi connectivity index (χ1v) is 9.75. The Labute approximate surface area is 152 Å². The van der Waals surface area contributed by atoms with Crippen LogP contribution in [-0.2, 0) is 16.6 Å². The number of sulfonamides is 1. The van der Waals surface area contributed by atoms with Gasteiger partial charge in [-0.3, -0.25) is 0 Å². The fraction of sp³-hybridized carbons (Fsp3) is 0.294. The van der Waals surface area contributed by atoms with Gasteiger partial charge >= 0.3 is 0 Å². The highest BCUT2D eigenvalue weighted by Crippen LogP contribution is 2.38. The summed E-state index contributed by atoms with van der Waals surface area (Å²) in [4.78, 5) is 2.45. The maximum absolute atomic E-state index is 11.9. The summed E-state index contributed by atoms with van der Waals surface area (Å²) in [6.45, 7) is 1.59. The summed E-state index contributed by atoms with van der Waals surface area (Å²) in [6, 6.07) is 10.7. The molecule has 128 valence electrons. The van der Waals surface area contributed by atoms with E-state index in [0.717, 1.165) is 29.8 Å². The Hall–Kier alpha value is -1.11. The van der Waals surface area contributed by atoms with Crippen LogP contribution < -0.4 is 4.72 Å². The maximum atomic E-state index is 11.9. The normalized spacial score (nSPS) is 18.4. The summed E-state index contributed by atoms with van der Waals surface area (Å²) < 4.78 is 26.1. The van der Waals surface area contributed by atoms with Gasteiger partial charge in [0.25, 0.3) is 0 Å². The number of likely N-dealkylation sites (N-methyl/N-ethyl adjacent to an activating group) is 1. The Morgan fingerprint density at radius 2 is 1.83 bits per heavy atom. The first kappa shape index (κ1) is 17.7. The molecular formula is C17H18Cl2N2O2S. The van der Waals surface area contributed by atoms with Crippen LogP contribution in [0.15, 0.2) is 41.3 Å². The van der Waals surface area contributed by atoms with E-state index < -0.39 is 10.0 Å². The molecule has 1 heterocycles. The van der Waals surface area contributed by atoms with Gasteiger partial charge < -0.3 is 4.90 Å². The van der Waals surface area contributed by atoms with Crippen molar-refractivity contribution in [3.8, 4) is 0 Å². The standard InChI is InChI=1S/C17H18Cl2N2O2S/c1-20-24(22,23)13-5-3-11(4-6-13)15-9-21(2)10-16-14(15)7-12(18)8-17(16)19/h3-8,15,20H,9-10H2,1-2H3/t15-/m0/s1. The lowest BCUT2D eigenvalue weighted by Gasteiger charge is -2.33. The van der Waals surface area contributed by atoms with E-state index in [-0.39, 0.29) is 10.8 Å². The van der Waals surface area contributed by atoms with Crippen LogP contribution >= 0.6 is 23.2 Å². The van der Waals surface area contributed by atoms with Crippen molar-refractivity contribution in [2.24, 2.45) is 0 Å². The minimum absolute atomic E-state index is 0.0984. The van der Waals surface area contributed by atoms with Crippen LogP contribution in [0.3, 0.4) is 0 Å². The quantitative estimate of drug-likeness (QED) is 0.880. The van der Waals surface area contributed by atoms with E-state index in [1.807, 2.05) is 25.2 Å². The molecule has 7 heteroatoms. The lowest BCUT2D eigenvalue weighted by Crippen LogP contribution is -2.31. The smallest absolute Gasteiger partial charge is 0.240 e. The van der Waals surface area contributed by atoms with E-state index >= 15 is 0 Å². The average molecular weight is 385 g/mol. The van der Waals surface area contributed by atoms with Gasteiger partial charge in [0, 0.05) is 29.1 Å². The van der Waals surface area contributed by atoms with Gasteiger partial charge in [-0.1, -0.05) is 35.3 Å². The highest BCUT2D eigenvalue weighted by atomic mass is 35.5. The molecule has 1 aliphatic rings. The molecule has 0 amide bonds. The number of benzene rings is 2. The molecule has 0 fully saturated rings. The second-order valence-electron chi connectivity index (χ2n) is 5.98. The number of rotatable bonds is 3. The molecule has 3 rings (SSSR count). The maximum Gasteiger partial charge on any atom is 0.240 e. The van der Waals surface area contributed by atoms with Crippen LogP contribution in [0.25, 0.3) is 0 Å². The Balaban J connectivity index is 2.05. The van der Waals surface area contributed by atoms with Crippen molar-refractivity contribution in [2.45, 2.75) is 17.4 Å². The number of halogens is 2. The van der Waals surface area contributed by atoms with Crippen molar-refractivity contribution in [1.82, 2.24) is 9.62 Å². The summed E-state index contributed by atoms with van der Waals surface area (Å²) in [5.74, 6) is 0.0984. The molecule has 1 atom stereocenters. The highest BCUT2D eigenvalue weighted by Gasteiger charge is 2.27. The number of nitrogens with one attached hydrogen (secondary N) is 1. The SMILES string of the molecule is CNS(=O)(=O)c1ccc([C@@H]2CN(C)Cc3c(Cl)cc(Cl)cc32)cc1. The molecule has 0 saturated carbocycles.